The van der Waals surface area contributed by atoms with Gasteiger partial charge in [0.25, 0.3) is 0 Å². The van der Waals surface area contributed by atoms with E-state index in [1.54, 1.807) is 0 Å². The summed E-state index contributed by atoms with van der Waals surface area (Å²) < 4.78 is 0. The van der Waals surface area contributed by atoms with Crippen LogP contribution in [0.2, 0.25) is 0 Å². The highest BCUT2D eigenvalue weighted by Gasteiger charge is 2.21. The summed E-state index contributed by atoms with van der Waals surface area (Å²) >= 11 is 0. The van der Waals surface area contributed by atoms with Gasteiger partial charge in [0.1, 0.15) is 5.82 Å². The fourth-order valence-electron chi connectivity index (χ4n) is 2.97. The Balaban J connectivity index is 1.61. The average molecular weight is 290 g/mol. The van der Waals surface area contributed by atoms with Crippen LogP contribution in [-0.4, -0.2) is 29.6 Å². The lowest BCUT2D eigenvalue weighted by Gasteiger charge is -2.34. The van der Waals surface area contributed by atoms with Crippen LogP contribution in [0, 0.1) is 0 Å². The van der Waals surface area contributed by atoms with Gasteiger partial charge in [0.2, 0.25) is 0 Å². The normalized spacial score (nSPS) is 18.5. The van der Waals surface area contributed by atoms with Crippen molar-refractivity contribution in [3.63, 3.8) is 0 Å². The molecule has 1 atom stereocenters. The first-order valence-corrected chi connectivity index (χ1v) is 7.65. The number of anilines is 1. The van der Waals surface area contributed by atoms with Gasteiger partial charge in [-0.2, -0.15) is 0 Å². The van der Waals surface area contributed by atoms with Gasteiger partial charge in [-0.15, -0.1) is 0 Å². The predicted molar refractivity (Wildman–Crippen MR) is 88.9 cm³/mol. The van der Waals surface area contributed by atoms with Gasteiger partial charge in [0, 0.05) is 25.7 Å². The summed E-state index contributed by atoms with van der Waals surface area (Å²) in [5.74, 6) is 0.959. The predicted octanol–water partition coefficient (Wildman–Crippen LogP) is 2.78. The lowest BCUT2D eigenvalue weighted by Crippen LogP contribution is -2.46. The van der Waals surface area contributed by atoms with Crippen LogP contribution in [0.4, 0.5) is 5.82 Å². The second-order valence-electron chi connectivity index (χ2n) is 5.58. The molecule has 110 valence electrons. The summed E-state index contributed by atoms with van der Waals surface area (Å²) in [5.41, 5.74) is 3.22. The summed E-state index contributed by atoms with van der Waals surface area (Å²) in [4.78, 5) is 11.6. The summed E-state index contributed by atoms with van der Waals surface area (Å²) in [5, 5.41) is 3.58. The topological polar surface area (TPSA) is 41.1 Å². The maximum absolute atomic E-state index is 4.76. The number of rotatable bonds is 2. The first-order chi connectivity index (χ1) is 10.9. The van der Waals surface area contributed by atoms with E-state index in [-0.39, 0.29) is 0 Å². The number of hydrogen-bond acceptors (Lipinski definition) is 4. The van der Waals surface area contributed by atoms with E-state index >= 15 is 0 Å². The van der Waals surface area contributed by atoms with Crippen molar-refractivity contribution in [3.8, 4) is 0 Å². The molecule has 22 heavy (non-hydrogen) atoms. The molecule has 1 N–H and O–H groups in total. The zero-order valence-electron chi connectivity index (χ0n) is 12.3. The molecule has 4 nitrogen and oxygen atoms in total. The van der Waals surface area contributed by atoms with Crippen molar-refractivity contribution in [1.82, 2.24) is 15.3 Å². The highest BCUT2D eigenvalue weighted by Crippen LogP contribution is 2.22. The van der Waals surface area contributed by atoms with E-state index in [1.807, 2.05) is 30.5 Å². The first-order valence-electron chi connectivity index (χ1n) is 7.65. The van der Waals surface area contributed by atoms with Gasteiger partial charge in [-0.1, -0.05) is 42.5 Å². The number of nitrogens with zero attached hydrogens (tertiary/aromatic N) is 3. The van der Waals surface area contributed by atoms with Gasteiger partial charge in [-0.05, 0) is 17.7 Å². The zero-order valence-corrected chi connectivity index (χ0v) is 12.3. The maximum atomic E-state index is 4.76. The molecule has 1 aliphatic heterocycles. The monoisotopic (exact) mass is 290 g/mol. The van der Waals surface area contributed by atoms with Crippen LogP contribution in [0.1, 0.15) is 11.6 Å². The van der Waals surface area contributed by atoms with E-state index in [0.29, 0.717) is 6.04 Å². The van der Waals surface area contributed by atoms with E-state index in [0.717, 1.165) is 36.5 Å². The highest BCUT2D eigenvalue weighted by atomic mass is 15.2. The van der Waals surface area contributed by atoms with Gasteiger partial charge in [0.15, 0.2) is 0 Å². The smallest absolute Gasteiger partial charge is 0.147 e. The minimum Gasteiger partial charge on any atom is -0.352 e. The Morgan fingerprint density at radius 3 is 2.59 bits per heavy atom. The molecule has 2 heterocycles. The first kappa shape index (κ1) is 13.2. The van der Waals surface area contributed by atoms with Gasteiger partial charge >= 0.3 is 0 Å². The highest BCUT2D eigenvalue weighted by molar-refractivity contribution is 5.75. The van der Waals surface area contributed by atoms with Crippen molar-refractivity contribution in [1.29, 1.82) is 0 Å². The minimum atomic E-state index is 0.336. The second kappa shape index (κ2) is 5.73. The molecule has 1 aromatic heterocycles. The van der Waals surface area contributed by atoms with Crippen molar-refractivity contribution in [2.24, 2.45) is 0 Å². The SMILES string of the molecule is c1ccc(C2CN(c3cnc4ccccc4n3)CCN2)cc1. The molecule has 0 aliphatic carbocycles. The molecule has 1 aliphatic rings. The lowest BCUT2D eigenvalue weighted by molar-refractivity contribution is 0.469. The van der Waals surface area contributed by atoms with Crippen LogP contribution in [0.5, 0.6) is 0 Å². The lowest BCUT2D eigenvalue weighted by atomic mass is 10.0. The second-order valence-corrected chi connectivity index (χ2v) is 5.58. The van der Waals surface area contributed by atoms with Crippen molar-refractivity contribution >= 4 is 16.9 Å². The van der Waals surface area contributed by atoms with Crippen molar-refractivity contribution < 1.29 is 0 Å². The number of aromatic nitrogens is 2. The summed E-state index contributed by atoms with van der Waals surface area (Å²) in [6, 6.07) is 18.9. The van der Waals surface area contributed by atoms with Crippen LogP contribution in [-0.2, 0) is 0 Å². The van der Waals surface area contributed by atoms with E-state index in [9.17, 15) is 0 Å². The Kier molecular flexibility index (Phi) is 3.45. The Morgan fingerprint density at radius 2 is 1.73 bits per heavy atom. The summed E-state index contributed by atoms with van der Waals surface area (Å²) in [7, 11) is 0. The third kappa shape index (κ3) is 2.53. The van der Waals surface area contributed by atoms with Gasteiger partial charge in [-0.3, -0.25) is 4.98 Å². The molecule has 1 unspecified atom stereocenters. The van der Waals surface area contributed by atoms with Crippen molar-refractivity contribution in [2.75, 3.05) is 24.5 Å². The number of para-hydroxylation sites is 2. The van der Waals surface area contributed by atoms with Crippen molar-refractivity contribution in [2.45, 2.75) is 6.04 Å². The maximum Gasteiger partial charge on any atom is 0.147 e. The quantitative estimate of drug-likeness (QED) is 0.788. The zero-order chi connectivity index (χ0) is 14.8. The van der Waals surface area contributed by atoms with Gasteiger partial charge < -0.3 is 10.2 Å². The molecular weight excluding hydrogens is 272 g/mol. The third-order valence-corrected chi connectivity index (χ3v) is 4.14. The Bertz CT molecular complexity index is 772. The molecule has 0 bridgehead atoms. The van der Waals surface area contributed by atoms with Crippen molar-refractivity contribution in [3.05, 3.63) is 66.4 Å². The molecule has 0 amide bonds. The number of hydrogen-bond donors (Lipinski definition) is 1. The number of benzene rings is 2. The van der Waals surface area contributed by atoms with Crippen LogP contribution < -0.4 is 10.2 Å². The summed E-state index contributed by atoms with van der Waals surface area (Å²) in [6.45, 7) is 2.82. The molecule has 0 radical (unpaired) electrons. The molecule has 4 heteroatoms. The fourth-order valence-corrected chi connectivity index (χ4v) is 2.97. The summed E-state index contributed by atoms with van der Waals surface area (Å²) in [6.07, 6.45) is 1.88. The van der Waals surface area contributed by atoms with Gasteiger partial charge in [-0.25, -0.2) is 4.98 Å². The number of fused-ring (bicyclic) bond motifs is 1. The Labute approximate surface area is 129 Å². The van der Waals surface area contributed by atoms with E-state index in [1.165, 1.54) is 5.56 Å². The number of nitrogens with one attached hydrogen (secondary N) is 1. The molecule has 4 rings (SSSR count). The van der Waals surface area contributed by atoms with Crippen LogP contribution in [0.3, 0.4) is 0 Å². The molecule has 2 aromatic carbocycles. The molecule has 1 saturated heterocycles. The van der Waals surface area contributed by atoms with E-state index in [2.05, 4.69) is 45.5 Å². The fraction of sp³-hybridized carbons (Fsp3) is 0.222. The molecule has 0 spiro atoms. The molecular formula is C18H18N4. The van der Waals surface area contributed by atoms with Crippen LogP contribution in [0.15, 0.2) is 60.8 Å². The number of piperazine rings is 1. The van der Waals surface area contributed by atoms with Gasteiger partial charge in [0.05, 0.1) is 17.2 Å². The average Bonchev–Trinajstić information content (AvgIpc) is 2.62. The van der Waals surface area contributed by atoms with E-state index < -0.39 is 0 Å². The minimum absolute atomic E-state index is 0.336. The molecule has 0 saturated carbocycles. The van der Waals surface area contributed by atoms with E-state index in [4.69, 9.17) is 4.98 Å². The van der Waals surface area contributed by atoms with Crippen LogP contribution in [0.25, 0.3) is 11.0 Å². The Hall–Kier alpha value is -2.46. The van der Waals surface area contributed by atoms with Crippen LogP contribution >= 0.6 is 0 Å². The third-order valence-electron chi connectivity index (χ3n) is 4.14. The standard InChI is InChI=1S/C18H18N4/c1-2-6-14(7-3-1)17-13-22(11-10-19-17)18-12-20-15-8-4-5-9-16(15)21-18/h1-9,12,17,19H,10-11,13H2. The molecule has 3 aromatic rings. The largest absolute Gasteiger partial charge is 0.352 e. The molecule has 1 fully saturated rings. The Morgan fingerprint density at radius 1 is 0.955 bits per heavy atom.